The molecule has 0 aromatic heterocycles. The van der Waals surface area contributed by atoms with E-state index in [1.165, 1.54) is 5.56 Å². The molecule has 1 aromatic rings. The lowest BCUT2D eigenvalue weighted by Crippen LogP contribution is -2.26. The molecule has 3 heteroatoms. The lowest BCUT2D eigenvalue weighted by Gasteiger charge is -2.23. The molecule has 0 saturated carbocycles. The van der Waals surface area contributed by atoms with Gasteiger partial charge in [-0.15, -0.1) is 0 Å². The highest BCUT2D eigenvalue weighted by Gasteiger charge is 2.09. The minimum absolute atomic E-state index is 0.184. The first kappa shape index (κ1) is 17.4. The van der Waals surface area contributed by atoms with Crippen molar-refractivity contribution in [3.63, 3.8) is 0 Å². The Hall–Kier alpha value is -2.00. The predicted octanol–water partition coefficient (Wildman–Crippen LogP) is 3.99. The van der Waals surface area contributed by atoms with Gasteiger partial charge in [-0.05, 0) is 43.7 Å². The molecule has 0 spiro atoms. The largest absolute Gasteiger partial charge is 0.491 e. The maximum atomic E-state index is 6.01. The number of rotatable bonds is 8. The fraction of sp³-hybridized carbons (Fsp3) is 0.400. The maximum absolute atomic E-state index is 6.01. The van der Waals surface area contributed by atoms with Crippen LogP contribution in [0, 0.1) is 0 Å². The first-order valence-corrected chi connectivity index (χ1v) is 8.43. The van der Waals surface area contributed by atoms with Crippen LogP contribution in [-0.2, 0) is 11.3 Å². The zero-order valence-electron chi connectivity index (χ0n) is 14.2. The Balaban J connectivity index is 1.79. The van der Waals surface area contributed by atoms with Gasteiger partial charge >= 0.3 is 0 Å². The van der Waals surface area contributed by atoms with Crippen LogP contribution in [0.1, 0.15) is 32.3 Å². The zero-order chi connectivity index (χ0) is 16.5. The van der Waals surface area contributed by atoms with Crippen LogP contribution < -0.4 is 5.73 Å². The van der Waals surface area contributed by atoms with Crippen LogP contribution in [0.25, 0.3) is 0 Å². The highest BCUT2D eigenvalue weighted by atomic mass is 16.5. The van der Waals surface area contributed by atoms with E-state index < -0.39 is 0 Å². The molecule has 1 aliphatic carbocycles. The van der Waals surface area contributed by atoms with Gasteiger partial charge in [0.25, 0.3) is 0 Å². The van der Waals surface area contributed by atoms with Gasteiger partial charge in [-0.3, -0.25) is 4.90 Å². The number of nitrogens with two attached hydrogens (primary N) is 1. The lowest BCUT2D eigenvalue weighted by molar-refractivity contribution is 0.116. The van der Waals surface area contributed by atoms with Gasteiger partial charge in [-0.2, -0.15) is 0 Å². The van der Waals surface area contributed by atoms with Gasteiger partial charge in [-0.1, -0.05) is 43.3 Å². The van der Waals surface area contributed by atoms with Gasteiger partial charge in [0, 0.05) is 25.2 Å². The smallest absolute Gasteiger partial charge is 0.119 e. The van der Waals surface area contributed by atoms with E-state index in [1.54, 1.807) is 0 Å². The van der Waals surface area contributed by atoms with Crippen LogP contribution in [0.5, 0.6) is 0 Å². The highest BCUT2D eigenvalue weighted by molar-refractivity contribution is 5.26. The third-order valence-electron chi connectivity index (χ3n) is 3.98. The van der Waals surface area contributed by atoms with Crippen LogP contribution in [0.3, 0.4) is 0 Å². The Labute approximate surface area is 140 Å². The molecule has 2 N–H and O–H groups in total. The summed E-state index contributed by atoms with van der Waals surface area (Å²) in [4.78, 5) is 2.45. The molecule has 124 valence electrons. The fourth-order valence-electron chi connectivity index (χ4n) is 2.55. The van der Waals surface area contributed by atoms with Crippen molar-refractivity contribution in [1.29, 1.82) is 0 Å². The molecule has 1 unspecified atom stereocenters. The quantitative estimate of drug-likeness (QED) is 0.789. The lowest BCUT2D eigenvalue weighted by atomic mass is 10.2. The summed E-state index contributed by atoms with van der Waals surface area (Å²) < 4.78 is 6.01. The second-order valence-corrected chi connectivity index (χ2v) is 5.99. The van der Waals surface area contributed by atoms with E-state index in [0.29, 0.717) is 0 Å². The Morgan fingerprint density at radius 3 is 2.74 bits per heavy atom. The van der Waals surface area contributed by atoms with E-state index in [-0.39, 0.29) is 6.10 Å². The van der Waals surface area contributed by atoms with E-state index >= 15 is 0 Å². The minimum atomic E-state index is 0.184. The number of benzene rings is 1. The summed E-state index contributed by atoms with van der Waals surface area (Å²) >= 11 is 0. The molecule has 0 heterocycles. The van der Waals surface area contributed by atoms with E-state index in [4.69, 9.17) is 10.5 Å². The number of hydrogen-bond donors (Lipinski definition) is 1. The molecule has 1 aromatic carbocycles. The molecule has 0 bridgehead atoms. The van der Waals surface area contributed by atoms with Crippen LogP contribution >= 0.6 is 0 Å². The second-order valence-electron chi connectivity index (χ2n) is 5.99. The molecule has 0 aliphatic heterocycles. The van der Waals surface area contributed by atoms with Crippen molar-refractivity contribution in [2.24, 2.45) is 5.73 Å². The van der Waals surface area contributed by atoms with Crippen LogP contribution in [0.2, 0.25) is 0 Å². The molecule has 0 amide bonds. The summed E-state index contributed by atoms with van der Waals surface area (Å²) in [6, 6.07) is 10.6. The van der Waals surface area contributed by atoms with Crippen LogP contribution in [0.4, 0.5) is 0 Å². The van der Waals surface area contributed by atoms with Crippen LogP contribution in [-0.4, -0.2) is 24.1 Å². The van der Waals surface area contributed by atoms with Crippen molar-refractivity contribution in [3.05, 3.63) is 71.7 Å². The van der Waals surface area contributed by atoms with Crippen molar-refractivity contribution < 1.29 is 4.74 Å². The van der Waals surface area contributed by atoms with E-state index in [9.17, 15) is 0 Å². The summed E-state index contributed by atoms with van der Waals surface area (Å²) in [7, 11) is 0. The number of ether oxygens (including phenoxy) is 1. The molecule has 1 atom stereocenters. The van der Waals surface area contributed by atoms with Crippen molar-refractivity contribution >= 4 is 0 Å². The molecule has 3 nitrogen and oxygen atoms in total. The normalized spacial score (nSPS) is 15.8. The average Bonchev–Trinajstić information content (AvgIpc) is 2.77. The fourth-order valence-corrected chi connectivity index (χ4v) is 2.55. The maximum Gasteiger partial charge on any atom is 0.119 e. The first-order chi connectivity index (χ1) is 11.2. The van der Waals surface area contributed by atoms with Gasteiger partial charge in [-0.25, -0.2) is 0 Å². The molecule has 0 radical (unpaired) electrons. The topological polar surface area (TPSA) is 38.5 Å². The van der Waals surface area contributed by atoms with Crippen molar-refractivity contribution in [2.45, 2.75) is 39.3 Å². The molecule has 0 fully saturated rings. The Morgan fingerprint density at radius 1 is 1.22 bits per heavy atom. The first-order valence-electron chi connectivity index (χ1n) is 8.43. The molecule has 23 heavy (non-hydrogen) atoms. The monoisotopic (exact) mass is 312 g/mol. The summed E-state index contributed by atoms with van der Waals surface area (Å²) in [5.74, 6) is 0.893. The minimum Gasteiger partial charge on any atom is -0.491 e. The van der Waals surface area contributed by atoms with Gasteiger partial charge in [0.1, 0.15) is 5.76 Å². The van der Waals surface area contributed by atoms with Crippen LogP contribution in [0.15, 0.2) is 66.1 Å². The SMILES string of the molecule is CCN(CCC(C)OC1=CC=C(N)CC=C1)Cc1ccccc1. The van der Waals surface area contributed by atoms with E-state index in [2.05, 4.69) is 49.1 Å². The number of hydrogen-bond acceptors (Lipinski definition) is 3. The Bertz CT molecular complexity index is 560. The molecular formula is C20H28N2O. The molecular weight excluding hydrogens is 284 g/mol. The molecule has 1 aliphatic rings. The summed E-state index contributed by atoms with van der Waals surface area (Å²) in [5.41, 5.74) is 8.05. The van der Waals surface area contributed by atoms with Gasteiger partial charge in [0.2, 0.25) is 0 Å². The number of allylic oxidation sites excluding steroid dienone is 4. The molecule has 0 saturated heterocycles. The van der Waals surface area contributed by atoms with Gasteiger partial charge in [0.05, 0.1) is 6.10 Å². The summed E-state index contributed by atoms with van der Waals surface area (Å²) in [6.45, 7) is 7.40. The Kier molecular flexibility index (Phi) is 6.95. The third-order valence-corrected chi connectivity index (χ3v) is 3.98. The average molecular weight is 312 g/mol. The summed E-state index contributed by atoms with van der Waals surface area (Å²) in [5, 5.41) is 0. The predicted molar refractivity (Wildman–Crippen MR) is 96.7 cm³/mol. The number of nitrogens with zero attached hydrogens (tertiary/aromatic N) is 1. The molecule has 2 rings (SSSR count). The van der Waals surface area contributed by atoms with Crippen molar-refractivity contribution in [2.75, 3.05) is 13.1 Å². The third kappa shape index (κ3) is 6.33. The van der Waals surface area contributed by atoms with E-state index in [0.717, 1.165) is 43.9 Å². The van der Waals surface area contributed by atoms with Gasteiger partial charge in [0.15, 0.2) is 0 Å². The Morgan fingerprint density at radius 2 is 2.00 bits per heavy atom. The second kappa shape index (κ2) is 9.21. The van der Waals surface area contributed by atoms with Crippen molar-refractivity contribution in [3.8, 4) is 0 Å². The standard InChI is InChI=1S/C20H28N2O/c1-3-22(16-18-8-5-4-6-9-18)15-14-17(2)23-20-11-7-10-19(21)12-13-20/h4-9,11-13,17H,3,10,14-16,21H2,1-2H3. The zero-order valence-corrected chi connectivity index (χ0v) is 14.2. The van der Waals surface area contributed by atoms with Crippen molar-refractivity contribution in [1.82, 2.24) is 4.90 Å². The summed E-state index contributed by atoms with van der Waals surface area (Å²) in [6.07, 6.45) is 9.92. The van der Waals surface area contributed by atoms with E-state index in [1.807, 2.05) is 24.3 Å². The highest BCUT2D eigenvalue weighted by Crippen LogP contribution is 2.13. The van der Waals surface area contributed by atoms with Gasteiger partial charge < -0.3 is 10.5 Å².